The quantitative estimate of drug-likeness (QED) is 0.0244. The van der Waals surface area contributed by atoms with Crippen LogP contribution in [0.3, 0.4) is 0 Å². The van der Waals surface area contributed by atoms with E-state index in [0.29, 0.717) is 0 Å². The highest BCUT2D eigenvalue weighted by molar-refractivity contribution is 6.29. The second kappa shape index (κ2) is 24.1. The van der Waals surface area contributed by atoms with Crippen molar-refractivity contribution in [2.45, 2.75) is 24.4 Å². The maximum atomic E-state index is 14.5. The largest absolute Gasteiger partial charge is 0.478 e. The second-order valence-electron chi connectivity index (χ2n) is 15.0. The molecule has 0 aliphatic rings. The van der Waals surface area contributed by atoms with Gasteiger partial charge >= 0.3 is 113 Å². The third kappa shape index (κ3) is 11.6. The predicted molar refractivity (Wildman–Crippen MR) is 231 cm³/mol. The maximum absolute atomic E-state index is 14.5. The Labute approximate surface area is 441 Å². The number of carboxylic acid groups (broad SMARTS) is 13. The van der Waals surface area contributed by atoms with Crippen molar-refractivity contribution in [3.05, 3.63) is 100 Å². The molecule has 0 aromatic heterocycles. The highest BCUT2D eigenvalue weighted by Gasteiger charge is 2.48. The molecule has 18 N–H and O–H groups in total. The predicted octanol–water partition coefficient (Wildman–Crippen LogP) is -4.12. The molecule has 0 heterocycles. The Morgan fingerprint density at radius 3 is 0.561 bits per heavy atom. The first-order valence-corrected chi connectivity index (χ1v) is 20.1. The number of carbonyl (C=O) groups is 19. The van der Waals surface area contributed by atoms with Gasteiger partial charge in [-0.2, -0.15) is 0 Å². The summed E-state index contributed by atoms with van der Waals surface area (Å²) in [5.74, 6) is -58.0. The van der Waals surface area contributed by atoms with Gasteiger partial charge in [0.25, 0.3) is 0 Å². The Hall–Kier alpha value is -12.0. The first-order chi connectivity index (χ1) is 37.7. The number of aromatic carboxylic acids is 13. The standard InChI is InChI=1S/C42H24O40/c43-1-2(44)21(45)22(46)23(47)42(79)82-40(77)19-15(36(72)73)9(30(60)61)14(35(70)71)18(39(76)80-37(74)16-10(31(62)63)5(26(52)53)3(24(48)49)6(27(54)55)11(16)32(64)65)20(19)41(78)81-38(75)17-12(33(66)67)7(28(56)57)4(25(50)51)8(29(58)59)13(17)34(68)69/h2,21-23,43-47H,1H2,(H,48,49)(H,50,51)(H,52,53)(H,54,55)(H,56,57)(H,58,59)(H,60,61)(H,62,63)(H,64,65)(H,66,67)(H,68,69)(H,70,71)(H,72,73)/t2-,21-,22+,23-/m1/s1. The number of hydrogen-bond acceptors (Lipinski definition) is 27. The number of esters is 6. The highest BCUT2D eigenvalue weighted by Crippen LogP contribution is 2.36. The smallest absolute Gasteiger partial charge is 0.347 e. The fraction of sp³-hybridized carbons (Fsp3) is 0.119. The molecule has 0 saturated heterocycles. The zero-order valence-corrected chi connectivity index (χ0v) is 38.5. The molecule has 4 atom stereocenters. The van der Waals surface area contributed by atoms with Gasteiger partial charge in [0.1, 0.15) is 18.3 Å². The first kappa shape index (κ1) is 64.3. The molecule has 432 valence electrons. The van der Waals surface area contributed by atoms with Crippen molar-refractivity contribution >= 4 is 113 Å². The minimum atomic E-state index is -3.53. The molecule has 0 aliphatic carbocycles. The van der Waals surface area contributed by atoms with Crippen molar-refractivity contribution in [3.63, 3.8) is 0 Å². The third-order valence-corrected chi connectivity index (χ3v) is 10.4. The number of aliphatic hydroxyl groups is 5. The van der Waals surface area contributed by atoms with Crippen LogP contribution in [0.4, 0.5) is 0 Å². The number of hydrogen-bond donors (Lipinski definition) is 18. The van der Waals surface area contributed by atoms with E-state index in [-0.39, 0.29) is 0 Å². The molecule has 40 nitrogen and oxygen atoms in total. The lowest BCUT2D eigenvalue weighted by molar-refractivity contribution is -0.164. The zero-order valence-electron chi connectivity index (χ0n) is 38.5. The SMILES string of the molecule is O=C(O)c1c(C(=O)O)c(C(=O)O)c(C(=O)OC(=O)c2c(C(=O)O)c(C(=O)O)c(C(=O)O)c(C(=O)OC(=O)[C@H](O)[C@@H](O)[C@H](O)[C@H](O)CO)c2C(=O)OC(=O)c2c(C(=O)O)c(C(=O)O)c(C(=O)O)c(C(=O)O)c2C(=O)O)c(C(=O)O)c1C(=O)O. The van der Waals surface area contributed by atoms with Crippen LogP contribution in [0.5, 0.6) is 0 Å². The monoisotopic (exact) mass is 1170 g/mol. The van der Waals surface area contributed by atoms with Gasteiger partial charge in [0.05, 0.1) is 107 Å². The molecule has 0 spiro atoms. The normalized spacial score (nSPS) is 12.2. The summed E-state index contributed by atoms with van der Waals surface area (Å²) in [5, 5.41) is 179. The van der Waals surface area contributed by atoms with E-state index in [2.05, 4.69) is 14.2 Å². The molecule has 0 fully saturated rings. The summed E-state index contributed by atoms with van der Waals surface area (Å²) < 4.78 is 12.5. The lowest BCUT2D eigenvalue weighted by atomic mass is 9.85. The van der Waals surface area contributed by atoms with Gasteiger partial charge in [-0.3, -0.25) is 0 Å². The van der Waals surface area contributed by atoms with Crippen molar-refractivity contribution in [2.75, 3.05) is 6.61 Å². The molecule has 0 radical (unpaired) electrons. The molecule has 0 amide bonds. The van der Waals surface area contributed by atoms with Crippen molar-refractivity contribution in [1.82, 2.24) is 0 Å². The summed E-state index contributed by atoms with van der Waals surface area (Å²) in [4.78, 5) is 247. The fourth-order valence-corrected chi connectivity index (χ4v) is 7.29. The molecule has 3 rings (SSSR count). The van der Waals surface area contributed by atoms with Crippen molar-refractivity contribution < 1.29 is 197 Å². The van der Waals surface area contributed by atoms with E-state index in [1.165, 1.54) is 0 Å². The van der Waals surface area contributed by atoms with Gasteiger partial charge < -0.3 is 106 Å². The van der Waals surface area contributed by atoms with Crippen LogP contribution in [0, 0.1) is 0 Å². The lowest BCUT2D eigenvalue weighted by Gasteiger charge is -2.24. The van der Waals surface area contributed by atoms with E-state index < -0.39 is 245 Å². The van der Waals surface area contributed by atoms with Gasteiger partial charge in [0.15, 0.2) is 6.10 Å². The molecule has 3 aromatic carbocycles. The Morgan fingerprint density at radius 1 is 0.244 bits per heavy atom. The number of benzene rings is 3. The minimum absolute atomic E-state index is 1.52. The molecule has 0 saturated carbocycles. The van der Waals surface area contributed by atoms with E-state index in [1.807, 2.05) is 0 Å². The van der Waals surface area contributed by atoms with E-state index >= 15 is 0 Å². The summed E-state index contributed by atoms with van der Waals surface area (Å²) in [6, 6.07) is 0. The average Bonchev–Trinajstić information content (AvgIpc) is 3.35. The van der Waals surface area contributed by atoms with E-state index in [9.17, 15) is 178 Å². The van der Waals surface area contributed by atoms with Gasteiger partial charge in [-0.1, -0.05) is 0 Å². The van der Waals surface area contributed by atoms with Crippen LogP contribution in [0.15, 0.2) is 0 Å². The van der Waals surface area contributed by atoms with Crippen LogP contribution in [0.2, 0.25) is 0 Å². The molecular formula is C42H24O40. The van der Waals surface area contributed by atoms with Gasteiger partial charge in [-0.25, -0.2) is 91.1 Å². The molecule has 0 bridgehead atoms. The second-order valence-corrected chi connectivity index (χ2v) is 15.0. The average molecular weight is 1170 g/mol. The topological polar surface area (TPSA) is 716 Å². The minimum Gasteiger partial charge on any atom is -0.478 e. The molecular weight excluding hydrogens is 1140 g/mol. The van der Waals surface area contributed by atoms with Gasteiger partial charge in [-0.15, -0.1) is 0 Å². The first-order valence-electron chi connectivity index (χ1n) is 20.1. The summed E-state index contributed by atoms with van der Waals surface area (Å²) >= 11 is 0. The Balaban J connectivity index is 2.88. The number of carboxylic acids is 13. The van der Waals surface area contributed by atoms with Gasteiger partial charge in [0, 0.05) is 0 Å². The molecule has 82 heavy (non-hydrogen) atoms. The van der Waals surface area contributed by atoms with Crippen LogP contribution in [0.25, 0.3) is 0 Å². The van der Waals surface area contributed by atoms with E-state index in [0.717, 1.165) is 0 Å². The Kier molecular flexibility index (Phi) is 18.9. The number of rotatable bonds is 23. The molecule has 0 aliphatic heterocycles. The third-order valence-electron chi connectivity index (χ3n) is 10.4. The van der Waals surface area contributed by atoms with E-state index in [1.54, 1.807) is 0 Å². The fourth-order valence-electron chi connectivity index (χ4n) is 7.29. The zero-order chi connectivity index (χ0) is 63.5. The summed E-state index contributed by atoms with van der Waals surface area (Å²) in [7, 11) is 0. The van der Waals surface area contributed by atoms with E-state index in [4.69, 9.17) is 5.11 Å². The Morgan fingerprint density at radius 2 is 0.390 bits per heavy atom. The van der Waals surface area contributed by atoms with Crippen molar-refractivity contribution in [3.8, 4) is 0 Å². The van der Waals surface area contributed by atoms with Crippen molar-refractivity contribution in [2.24, 2.45) is 0 Å². The van der Waals surface area contributed by atoms with Crippen LogP contribution < -0.4 is 0 Å². The highest BCUT2D eigenvalue weighted by atomic mass is 16.6. The van der Waals surface area contributed by atoms with Gasteiger partial charge in [0.2, 0.25) is 0 Å². The number of aliphatic hydroxyl groups excluding tert-OH is 5. The number of carbonyl (C=O) groups excluding carboxylic acids is 6. The van der Waals surface area contributed by atoms with Crippen LogP contribution in [-0.2, 0) is 19.0 Å². The summed E-state index contributed by atoms with van der Waals surface area (Å²) in [6.07, 6.45) is -12.1. The summed E-state index contributed by atoms with van der Waals surface area (Å²) in [5.41, 5.74) is -46.4. The molecule has 3 aromatic rings. The van der Waals surface area contributed by atoms with Crippen LogP contribution in [-0.4, -0.2) is 236 Å². The molecule has 0 unspecified atom stereocenters. The van der Waals surface area contributed by atoms with Gasteiger partial charge in [-0.05, 0) is 0 Å². The lowest BCUT2D eigenvalue weighted by Crippen LogP contribution is -2.49. The van der Waals surface area contributed by atoms with Crippen LogP contribution in [0.1, 0.15) is 186 Å². The Bertz CT molecular complexity index is 3460. The summed E-state index contributed by atoms with van der Waals surface area (Å²) in [6.45, 7) is -1.52. The molecule has 40 heteroatoms. The number of ether oxygens (including phenoxy) is 3. The van der Waals surface area contributed by atoms with Crippen molar-refractivity contribution in [1.29, 1.82) is 0 Å². The van der Waals surface area contributed by atoms with Crippen LogP contribution >= 0.6 is 0 Å². The maximum Gasteiger partial charge on any atom is 0.347 e.